The summed E-state index contributed by atoms with van der Waals surface area (Å²) in [5.74, 6) is -0.314. The van der Waals surface area contributed by atoms with Gasteiger partial charge in [0, 0.05) is 19.5 Å². The van der Waals surface area contributed by atoms with E-state index in [0.717, 1.165) is 5.56 Å². The lowest BCUT2D eigenvalue weighted by atomic mass is 10.2. The lowest BCUT2D eigenvalue weighted by Gasteiger charge is -2.24. The largest absolute Gasteiger partial charge is 0.392 e. The van der Waals surface area contributed by atoms with E-state index < -0.39 is 16.1 Å². The van der Waals surface area contributed by atoms with Gasteiger partial charge in [-0.05, 0) is 38.1 Å². The van der Waals surface area contributed by atoms with Crippen LogP contribution in [0.25, 0.3) is 0 Å². The van der Waals surface area contributed by atoms with Crippen molar-refractivity contribution in [1.82, 2.24) is 5.32 Å². The van der Waals surface area contributed by atoms with Gasteiger partial charge in [0.05, 0.1) is 16.7 Å². The van der Waals surface area contributed by atoms with E-state index in [9.17, 15) is 18.3 Å². The lowest BCUT2D eigenvalue weighted by molar-refractivity contribution is -0.121. The highest BCUT2D eigenvalue weighted by molar-refractivity contribution is 7.92. The molecule has 140 valence electrons. The molecule has 26 heavy (non-hydrogen) atoms. The standard InChI is InChI=1S/C19H24N2O4S/c1-15-8-10-18(11-9-15)26(24,25)21(17-6-4-3-5-7-17)13-12-19(23)20-14-16(2)22/h3-11,16,22H,12-14H2,1-2H3,(H,20,23)/t16-/m0/s1. The van der Waals surface area contributed by atoms with Gasteiger partial charge in [-0.2, -0.15) is 0 Å². The number of hydrogen-bond donors (Lipinski definition) is 2. The Morgan fingerprint density at radius 3 is 2.31 bits per heavy atom. The van der Waals surface area contributed by atoms with Crippen molar-refractivity contribution in [1.29, 1.82) is 0 Å². The van der Waals surface area contributed by atoms with Gasteiger partial charge in [-0.15, -0.1) is 0 Å². The third-order valence-corrected chi connectivity index (χ3v) is 5.63. The summed E-state index contributed by atoms with van der Waals surface area (Å²) < 4.78 is 27.4. The molecule has 1 amide bonds. The van der Waals surface area contributed by atoms with E-state index in [2.05, 4.69) is 5.32 Å². The minimum atomic E-state index is -3.79. The SMILES string of the molecule is Cc1ccc(S(=O)(=O)N(CCC(=O)NC[C@H](C)O)c2ccccc2)cc1. The minimum absolute atomic E-state index is 0.00582. The van der Waals surface area contributed by atoms with Gasteiger partial charge in [0.1, 0.15) is 0 Å². The highest BCUT2D eigenvalue weighted by atomic mass is 32.2. The van der Waals surface area contributed by atoms with Crippen molar-refractivity contribution in [3.8, 4) is 0 Å². The van der Waals surface area contributed by atoms with E-state index in [0.29, 0.717) is 5.69 Å². The molecule has 2 aromatic rings. The molecule has 0 saturated carbocycles. The Morgan fingerprint density at radius 1 is 1.12 bits per heavy atom. The fourth-order valence-corrected chi connectivity index (χ4v) is 3.84. The van der Waals surface area contributed by atoms with Gasteiger partial charge in [-0.3, -0.25) is 9.10 Å². The van der Waals surface area contributed by atoms with E-state index in [1.54, 1.807) is 61.5 Å². The number of anilines is 1. The Morgan fingerprint density at radius 2 is 1.73 bits per heavy atom. The predicted octanol–water partition coefficient (Wildman–Crippen LogP) is 2.08. The summed E-state index contributed by atoms with van der Waals surface area (Å²) in [6.45, 7) is 3.59. The van der Waals surface area contributed by atoms with Crippen LogP contribution in [0.2, 0.25) is 0 Å². The molecule has 0 aliphatic heterocycles. The van der Waals surface area contributed by atoms with Crippen LogP contribution in [-0.4, -0.2) is 38.6 Å². The van der Waals surface area contributed by atoms with Crippen molar-refractivity contribution in [2.75, 3.05) is 17.4 Å². The second-order valence-electron chi connectivity index (χ2n) is 6.13. The summed E-state index contributed by atoms with van der Waals surface area (Å²) in [5, 5.41) is 11.8. The van der Waals surface area contributed by atoms with Crippen molar-refractivity contribution < 1.29 is 18.3 Å². The number of nitrogens with one attached hydrogen (secondary N) is 1. The molecular weight excluding hydrogens is 352 g/mol. The molecule has 2 rings (SSSR count). The van der Waals surface area contributed by atoms with Gasteiger partial charge in [0.15, 0.2) is 0 Å². The summed E-state index contributed by atoms with van der Waals surface area (Å²) in [4.78, 5) is 12.1. The quantitative estimate of drug-likeness (QED) is 0.738. The van der Waals surface area contributed by atoms with Crippen molar-refractivity contribution >= 4 is 21.6 Å². The number of aryl methyl sites for hydroxylation is 1. The van der Waals surface area contributed by atoms with Crippen molar-refractivity contribution in [3.63, 3.8) is 0 Å². The molecule has 0 bridgehead atoms. The highest BCUT2D eigenvalue weighted by Gasteiger charge is 2.25. The molecule has 2 aromatic carbocycles. The number of aliphatic hydroxyl groups excluding tert-OH is 1. The molecule has 0 unspecified atom stereocenters. The molecule has 2 N–H and O–H groups in total. The van der Waals surface area contributed by atoms with Crippen molar-refractivity contribution in [2.24, 2.45) is 0 Å². The maximum absolute atomic E-state index is 13.1. The minimum Gasteiger partial charge on any atom is -0.392 e. The molecule has 0 spiro atoms. The number of benzene rings is 2. The molecule has 7 heteroatoms. The van der Waals surface area contributed by atoms with Crippen molar-refractivity contribution in [2.45, 2.75) is 31.3 Å². The van der Waals surface area contributed by atoms with E-state index in [-0.39, 0.29) is 30.3 Å². The third kappa shape index (κ3) is 5.31. The molecule has 0 aliphatic rings. The van der Waals surface area contributed by atoms with Crippen LogP contribution in [0.15, 0.2) is 59.5 Å². The van der Waals surface area contributed by atoms with E-state index in [1.165, 1.54) is 4.31 Å². The van der Waals surface area contributed by atoms with Gasteiger partial charge < -0.3 is 10.4 Å². The molecule has 0 fully saturated rings. The van der Waals surface area contributed by atoms with Gasteiger partial charge in [0.25, 0.3) is 10.0 Å². The maximum Gasteiger partial charge on any atom is 0.264 e. The van der Waals surface area contributed by atoms with Gasteiger partial charge in [0.2, 0.25) is 5.91 Å². The number of hydrogen-bond acceptors (Lipinski definition) is 4. The first-order valence-corrected chi connectivity index (χ1v) is 9.84. The van der Waals surface area contributed by atoms with Crippen molar-refractivity contribution in [3.05, 3.63) is 60.2 Å². The van der Waals surface area contributed by atoms with E-state index in [1.807, 2.05) is 6.92 Å². The van der Waals surface area contributed by atoms with Crippen LogP contribution in [0.4, 0.5) is 5.69 Å². The van der Waals surface area contributed by atoms with Gasteiger partial charge in [-0.25, -0.2) is 8.42 Å². The normalized spacial score (nSPS) is 12.4. The van der Waals surface area contributed by atoms with Crippen LogP contribution in [0.5, 0.6) is 0 Å². The first kappa shape index (κ1) is 19.9. The van der Waals surface area contributed by atoms with E-state index >= 15 is 0 Å². The second kappa shape index (κ2) is 8.82. The molecule has 0 radical (unpaired) electrons. The van der Waals surface area contributed by atoms with Gasteiger partial charge in [-0.1, -0.05) is 35.9 Å². The average Bonchev–Trinajstić information content (AvgIpc) is 2.61. The Balaban J connectivity index is 2.24. The summed E-state index contributed by atoms with van der Waals surface area (Å²) in [6.07, 6.45) is -0.660. The number of aliphatic hydroxyl groups is 1. The fourth-order valence-electron chi connectivity index (χ4n) is 2.37. The number of rotatable bonds is 8. The smallest absolute Gasteiger partial charge is 0.264 e. The number of amides is 1. The topological polar surface area (TPSA) is 86.7 Å². The zero-order valence-electron chi connectivity index (χ0n) is 14.9. The number of para-hydroxylation sites is 1. The molecule has 6 nitrogen and oxygen atoms in total. The first-order valence-electron chi connectivity index (χ1n) is 8.40. The zero-order valence-corrected chi connectivity index (χ0v) is 15.7. The molecule has 1 atom stereocenters. The first-order chi connectivity index (χ1) is 12.3. The van der Waals surface area contributed by atoms with Crippen LogP contribution >= 0.6 is 0 Å². The van der Waals surface area contributed by atoms with Crippen LogP contribution in [0.3, 0.4) is 0 Å². The number of carbonyl (C=O) groups is 1. The number of nitrogens with zero attached hydrogens (tertiary/aromatic N) is 1. The average molecular weight is 376 g/mol. The molecular formula is C19H24N2O4S. The maximum atomic E-state index is 13.1. The van der Waals surface area contributed by atoms with Crippen LogP contribution in [0, 0.1) is 6.92 Å². The Kier molecular flexibility index (Phi) is 6.76. The molecule has 0 aromatic heterocycles. The van der Waals surface area contributed by atoms with Crippen LogP contribution in [0.1, 0.15) is 18.9 Å². The predicted molar refractivity (Wildman–Crippen MR) is 101 cm³/mol. The fraction of sp³-hybridized carbons (Fsp3) is 0.316. The molecule has 0 heterocycles. The van der Waals surface area contributed by atoms with Crippen LogP contribution in [-0.2, 0) is 14.8 Å². The number of carbonyl (C=O) groups excluding carboxylic acids is 1. The second-order valence-corrected chi connectivity index (χ2v) is 7.99. The summed E-state index contributed by atoms with van der Waals surface area (Å²) in [7, 11) is -3.79. The Hall–Kier alpha value is -2.38. The molecule has 0 saturated heterocycles. The van der Waals surface area contributed by atoms with Crippen LogP contribution < -0.4 is 9.62 Å². The third-order valence-electron chi connectivity index (χ3n) is 3.79. The number of sulfonamides is 1. The monoisotopic (exact) mass is 376 g/mol. The summed E-state index contributed by atoms with van der Waals surface area (Å²) in [5.41, 5.74) is 1.46. The van der Waals surface area contributed by atoms with Gasteiger partial charge >= 0.3 is 0 Å². The highest BCUT2D eigenvalue weighted by Crippen LogP contribution is 2.24. The lowest BCUT2D eigenvalue weighted by Crippen LogP contribution is -2.37. The Bertz CT molecular complexity index is 818. The summed E-state index contributed by atoms with van der Waals surface area (Å²) in [6, 6.07) is 15.3. The molecule has 0 aliphatic carbocycles. The van der Waals surface area contributed by atoms with E-state index in [4.69, 9.17) is 0 Å². The summed E-state index contributed by atoms with van der Waals surface area (Å²) >= 11 is 0. The zero-order chi connectivity index (χ0) is 19.2. The Labute approximate surface area is 154 Å².